The van der Waals surface area contributed by atoms with Gasteiger partial charge in [-0.2, -0.15) is 0 Å². The summed E-state index contributed by atoms with van der Waals surface area (Å²) >= 11 is 0. The number of nitrogens with zero attached hydrogens (tertiary/aromatic N) is 1. The first-order valence-corrected chi connectivity index (χ1v) is 11.1. The van der Waals surface area contributed by atoms with Crippen molar-refractivity contribution in [2.75, 3.05) is 19.8 Å². The number of rotatable bonds is 11. The Morgan fingerprint density at radius 3 is 2.35 bits per heavy atom. The number of benzene rings is 1. The van der Waals surface area contributed by atoms with E-state index in [0.29, 0.717) is 12.8 Å². The van der Waals surface area contributed by atoms with E-state index in [0.717, 1.165) is 5.56 Å². The Balaban J connectivity index is 2.10. The lowest BCUT2D eigenvalue weighted by Gasteiger charge is -2.27. The molecule has 3 atom stereocenters. The van der Waals surface area contributed by atoms with E-state index < -0.39 is 54.3 Å². The van der Waals surface area contributed by atoms with Gasteiger partial charge in [0.05, 0.1) is 25.6 Å². The summed E-state index contributed by atoms with van der Waals surface area (Å²) < 4.78 is 15.0. The van der Waals surface area contributed by atoms with Crippen LogP contribution in [-0.4, -0.2) is 71.8 Å². The molecule has 2 amide bonds. The fraction of sp³-hybridized carbons (Fsp3) is 0.522. The smallest absolute Gasteiger partial charge is 0.410 e. The fourth-order valence-corrected chi connectivity index (χ4v) is 3.63. The Morgan fingerprint density at radius 1 is 1.06 bits per heavy atom. The number of esters is 2. The number of nitrogens with one attached hydrogen (secondary N) is 1. The third-order valence-corrected chi connectivity index (χ3v) is 5.24. The first-order valence-electron chi connectivity index (χ1n) is 11.1. The molecule has 2 rings (SSSR count). The van der Waals surface area contributed by atoms with Gasteiger partial charge in [-0.05, 0) is 32.3 Å². The van der Waals surface area contributed by atoms with E-state index in [4.69, 9.17) is 14.2 Å². The molecule has 0 aromatic heterocycles. The van der Waals surface area contributed by atoms with Gasteiger partial charge in [-0.1, -0.05) is 30.3 Å². The van der Waals surface area contributed by atoms with Gasteiger partial charge in [0.25, 0.3) is 0 Å². The summed E-state index contributed by atoms with van der Waals surface area (Å²) in [6.07, 6.45) is -0.486. The lowest BCUT2D eigenvalue weighted by molar-refractivity contribution is -0.160. The lowest BCUT2D eigenvalue weighted by atomic mass is 9.95. The molecule has 0 spiro atoms. The number of carboxylic acids is 1. The molecule has 1 aromatic carbocycles. The van der Waals surface area contributed by atoms with Gasteiger partial charge >= 0.3 is 24.0 Å². The molecular formula is C23H30N2O9. The number of carbonyl (C=O) groups excluding carboxylic acids is 4. The van der Waals surface area contributed by atoms with Gasteiger partial charge in [-0.25, -0.2) is 9.59 Å². The number of carboxylic acid groups (broad SMARTS) is 1. The molecule has 1 saturated heterocycles. The molecule has 0 aliphatic carbocycles. The van der Waals surface area contributed by atoms with E-state index in [-0.39, 0.29) is 26.4 Å². The summed E-state index contributed by atoms with van der Waals surface area (Å²) in [5.74, 6) is -5.53. The summed E-state index contributed by atoms with van der Waals surface area (Å²) in [7, 11) is 0. The maximum Gasteiger partial charge on any atom is 0.410 e. The van der Waals surface area contributed by atoms with Crippen LogP contribution < -0.4 is 5.32 Å². The van der Waals surface area contributed by atoms with Gasteiger partial charge < -0.3 is 24.6 Å². The molecule has 1 aliphatic heterocycles. The first kappa shape index (κ1) is 26.6. The van der Waals surface area contributed by atoms with Crippen molar-refractivity contribution in [2.45, 2.75) is 51.8 Å². The fourth-order valence-electron chi connectivity index (χ4n) is 3.63. The number of amides is 2. The van der Waals surface area contributed by atoms with E-state index in [1.54, 1.807) is 31.2 Å². The van der Waals surface area contributed by atoms with Crippen molar-refractivity contribution >= 4 is 29.9 Å². The van der Waals surface area contributed by atoms with Crippen LogP contribution in [0, 0.1) is 5.92 Å². The van der Waals surface area contributed by atoms with Crippen molar-refractivity contribution in [2.24, 2.45) is 5.92 Å². The van der Waals surface area contributed by atoms with Gasteiger partial charge in [0.2, 0.25) is 5.91 Å². The lowest BCUT2D eigenvalue weighted by Crippen LogP contribution is -2.55. The summed E-state index contributed by atoms with van der Waals surface area (Å²) in [4.78, 5) is 63.0. The second kappa shape index (κ2) is 13.2. The van der Waals surface area contributed by atoms with E-state index in [2.05, 4.69) is 5.32 Å². The second-order valence-corrected chi connectivity index (χ2v) is 7.58. The average Bonchev–Trinajstić information content (AvgIpc) is 3.30. The maximum absolute atomic E-state index is 13.0. The summed E-state index contributed by atoms with van der Waals surface area (Å²) in [6.45, 7) is 3.38. The van der Waals surface area contributed by atoms with Crippen molar-refractivity contribution < 1.29 is 43.3 Å². The van der Waals surface area contributed by atoms with Crippen molar-refractivity contribution in [3.8, 4) is 0 Å². The van der Waals surface area contributed by atoms with Crippen LogP contribution in [0.1, 0.15) is 38.7 Å². The van der Waals surface area contributed by atoms with Crippen molar-refractivity contribution in [3.05, 3.63) is 35.9 Å². The van der Waals surface area contributed by atoms with Crippen LogP contribution in [0.15, 0.2) is 30.3 Å². The Kier molecular flexibility index (Phi) is 10.3. The number of carbonyl (C=O) groups is 5. The van der Waals surface area contributed by atoms with Crippen LogP contribution in [0.4, 0.5) is 4.79 Å². The first-order chi connectivity index (χ1) is 16.3. The summed E-state index contributed by atoms with van der Waals surface area (Å²) in [5.41, 5.74) is 0.776. The van der Waals surface area contributed by atoms with Crippen LogP contribution in [0.2, 0.25) is 0 Å². The molecule has 0 radical (unpaired) electrons. The molecule has 0 saturated carbocycles. The molecule has 186 valence electrons. The highest BCUT2D eigenvalue weighted by atomic mass is 16.6. The molecule has 1 aromatic rings. The quantitative estimate of drug-likeness (QED) is 0.356. The molecule has 1 aliphatic rings. The SMILES string of the molecule is CCOC(=O)C[C@@H](C(=O)OCC)[C@@H](NC(=O)[C@H]1CCCN1C(=O)OCc1ccccc1)C(=O)O. The Hall–Kier alpha value is -3.63. The van der Waals surface area contributed by atoms with Crippen LogP contribution in [0.5, 0.6) is 0 Å². The molecule has 0 unspecified atom stereocenters. The van der Waals surface area contributed by atoms with Crippen molar-refractivity contribution in [3.63, 3.8) is 0 Å². The topological polar surface area (TPSA) is 149 Å². The number of aliphatic carboxylic acids is 1. The molecule has 11 nitrogen and oxygen atoms in total. The van der Waals surface area contributed by atoms with Crippen LogP contribution in [0.25, 0.3) is 0 Å². The normalized spacial score (nSPS) is 16.8. The number of ether oxygens (including phenoxy) is 3. The summed E-state index contributed by atoms with van der Waals surface area (Å²) in [5, 5.41) is 12.0. The van der Waals surface area contributed by atoms with E-state index >= 15 is 0 Å². The second-order valence-electron chi connectivity index (χ2n) is 7.58. The number of likely N-dealkylation sites (tertiary alicyclic amines) is 1. The highest BCUT2D eigenvalue weighted by Crippen LogP contribution is 2.21. The predicted molar refractivity (Wildman–Crippen MR) is 117 cm³/mol. The molecule has 0 bridgehead atoms. The van der Waals surface area contributed by atoms with Gasteiger partial charge in [0.1, 0.15) is 18.7 Å². The molecule has 2 N–H and O–H groups in total. The van der Waals surface area contributed by atoms with Crippen LogP contribution >= 0.6 is 0 Å². The van der Waals surface area contributed by atoms with Gasteiger partial charge in [0.15, 0.2) is 0 Å². The summed E-state index contributed by atoms with van der Waals surface area (Å²) in [6, 6.07) is 6.29. The minimum Gasteiger partial charge on any atom is -0.480 e. The minimum atomic E-state index is -1.75. The predicted octanol–water partition coefficient (Wildman–Crippen LogP) is 1.49. The van der Waals surface area contributed by atoms with Crippen molar-refractivity contribution in [1.29, 1.82) is 0 Å². The monoisotopic (exact) mass is 478 g/mol. The third kappa shape index (κ3) is 7.46. The molecule has 1 fully saturated rings. The van der Waals surface area contributed by atoms with E-state index in [1.807, 2.05) is 6.07 Å². The van der Waals surface area contributed by atoms with E-state index in [1.165, 1.54) is 11.8 Å². The maximum atomic E-state index is 13.0. The molecule has 11 heteroatoms. The molecular weight excluding hydrogens is 448 g/mol. The number of hydrogen-bond acceptors (Lipinski definition) is 8. The van der Waals surface area contributed by atoms with Gasteiger partial charge in [-0.3, -0.25) is 19.3 Å². The van der Waals surface area contributed by atoms with Gasteiger partial charge in [-0.15, -0.1) is 0 Å². The largest absolute Gasteiger partial charge is 0.480 e. The Bertz CT molecular complexity index is 874. The third-order valence-electron chi connectivity index (χ3n) is 5.24. The highest BCUT2D eigenvalue weighted by molar-refractivity contribution is 5.93. The van der Waals surface area contributed by atoms with Crippen LogP contribution in [-0.2, 0) is 40.0 Å². The molecule has 34 heavy (non-hydrogen) atoms. The minimum absolute atomic E-state index is 0.0206. The highest BCUT2D eigenvalue weighted by Gasteiger charge is 2.42. The molecule has 1 heterocycles. The zero-order chi connectivity index (χ0) is 25.1. The zero-order valence-corrected chi connectivity index (χ0v) is 19.2. The number of hydrogen-bond donors (Lipinski definition) is 2. The Morgan fingerprint density at radius 2 is 1.74 bits per heavy atom. The van der Waals surface area contributed by atoms with Crippen LogP contribution in [0.3, 0.4) is 0 Å². The average molecular weight is 478 g/mol. The van der Waals surface area contributed by atoms with Gasteiger partial charge in [0, 0.05) is 6.54 Å². The standard InChI is InChI=1S/C23H30N2O9/c1-3-32-18(26)13-16(22(30)33-4-2)19(21(28)29)24-20(27)17-11-8-12-25(17)23(31)34-14-15-9-6-5-7-10-15/h5-7,9-10,16-17,19H,3-4,8,11-14H2,1-2H3,(H,24,27)(H,28,29)/t16-,17-,19-/m1/s1. The zero-order valence-electron chi connectivity index (χ0n) is 19.2. The van der Waals surface area contributed by atoms with E-state index in [9.17, 15) is 29.1 Å². The Labute approximate surface area is 197 Å². The van der Waals surface area contributed by atoms with Crippen molar-refractivity contribution in [1.82, 2.24) is 10.2 Å².